The summed E-state index contributed by atoms with van der Waals surface area (Å²) in [5.41, 5.74) is 2.81. The summed E-state index contributed by atoms with van der Waals surface area (Å²) in [4.78, 5) is 14.8. The first-order valence-electron chi connectivity index (χ1n) is 9.50. The lowest BCUT2D eigenvalue weighted by atomic mass is 10.1. The van der Waals surface area contributed by atoms with E-state index in [1.54, 1.807) is 0 Å². The highest BCUT2D eigenvalue weighted by Gasteiger charge is 2.13. The molecule has 1 aliphatic rings. The van der Waals surface area contributed by atoms with Crippen LogP contribution in [0, 0.1) is 0 Å². The van der Waals surface area contributed by atoms with Crippen molar-refractivity contribution in [1.29, 1.82) is 0 Å². The zero-order valence-corrected chi connectivity index (χ0v) is 16.3. The first kappa shape index (κ1) is 18.8. The summed E-state index contributed by atoms with van der Waals surface area (Å²) >= 11 is 6.04. The fraction of sp³-hybridized carbons (Fsp3) is 0.261. The monoisotopic (exact) mass is 395 g/mol. The molecule has 0 N–H and O–H groups in total. The average Bonchev–Trinajstić information content (AvgIpc) is 3.22. The Bertz CT molecular complexity index is 942. The highest BCUT2D eigenvalue weighted by Crippen LogP contribution is 2.25. The molecule has 4 rings (SSSR count). The maximum absolute atomic E-state index is 12.5. The summed E-state index contributed by atoms with van der Waals surface area (Å²) in [7, 11) is 0. The standard InChI is InChI=1S/C23H22ClNO3/c24-19-3-1-2-18(16-19)23-11-9-21(28-23)8-10-22(26)17-4-6-20(7-5-17)25-12-14-27-15-13-25/h1-7,9,11,16H,8,10,12-15H2. The van der Waals surface area contributed by atoms with Gasteiger partial charge in [-0.25, -0.2) is 0 Å². The van der Waals surface area contributed by atoms with E-state index in [1.807, 2.05) is 60.7 Å². The van der Waals surface area contributed by atoms with Gasteiger partial charge in [-0.1, -0.05) is 23.7 Å². The van der Waals surface area contributed by atoms with Gasteiger partial charge in [0.15, 0.2) is 5.78 Å². The van der Waals surface area contributed by atoms with Gasteiger partial charge in [0.25, 0.3) is 0 Å². The van der Waals surface area contributed by atoms with Crippen LogP contribution in [0.3, 0.4) is 0 Å². The molecule has 28 heavy (non-hydrogen) atoms. The first-order chi connectivity index (χ1) is 13.7. The second-order valence-electron chi connectivity index (χ2n) is 6.85. The Kier molecular flexibility index (Phi) is 5.79. The number of Topliss-reactive ketones (excluding diaryl/α,β-unsaturated/α-hetero) is 1. The quantitative estimate of drug-likeness (QED) is 0.534. The molecule has 5 heteroatoms. The Morgan fingerprint density at radius 2 is 1.79 bits per heavy atom. The predicted octanol–water partition coefficient (Wildman–Crippen LogP) is 5.25. The molecule has 144 valence electrons. The Morgan fingerprint density at radius 1 is 1.00 bits per heavy atom. The van der Waals surface area contributed by atoms with Gasteiger partial charge in [0.1, 0.15) is 11.5 Å². The van der Waals surface area contributed by atoms with Gasteiger partial charge in [-0.3, -0.25) is 4.79 Å². The summed E-state index contributed by atoms with van der Waals surface area (Å²) in [6, 6.07) is 19.2. The number of hydrogen-bond donors (Lipinski definition) is 0. The van der Waals surface area contributed by atoms with Crippen LogP contribution in [0.1, 0.15) is 22.5 Å². The molecule has 0 spiro atoms. The number of carbonyl (C=O) groups is 1. The molecule has 0 unspecified atom stereocenters. The molecule has 1 aromatic heterocycles. The minimum Gasteiger partial charge on any atom is -0.461 e. The summed E-state index contributed by atoms with van der Waals surface area (Å²) in [5, 5.41) is 0.672. The highest BCUT2D eigenvalue weighted by molar-refractivity contribution is 6.30. The minimum atomic E-state index is 0.120. The number of nitrogens with zero attached hydrogens (tertiary/aromatic N) is 1. The normalized spacial score (nSPS) is 14.2. The van der Waals surface area contributed by atoms with Crippen LogP contribution in [-0.4, -0.2) is 32.1 Å². The van der Waals surface area contributed by atoms with Crippen molar-refractivity contribution < 1.29 is 13.9 Å². The number of rotatable bonds is 6. The molecule has 2 aromatic carbocycles. The van der Waals surface area contributed by atoms with E-state index in [1.165, 1.54) is 0 Å². The Labute approximate surface area is 169 Å². The number of aryl methyl sites for hydroxylation is 1. The number of carbonyl (C=O) groups excluding carboxylic acids is 1. The van der Waals surface area contributed by atoms with Crippen molar-refractivity contribution in [3.05, 3.63) is 77.0 Å². The van der Waals surface area contributed by atoms with Gasteiger partial charge in [0.2, 0.25) is 0 Å². The summed E-state index contributed by atoms with van der Waals surface area (Å²) < 4.78 is 11.3. The van der Waals surface area contributed by atoms with E-state index in [0.29, 0.717) is 17.9 Å². The molecule has 3 aromatic rings. The largest absolute Gasteiger partial charge is 0.461 e. The van der Waals surface area contributed by atoms with Crippen LogP contribution < -0.4 is 4.90 Å². The molecule has 0 atom stereocenters. The first-order valence-corrected chi connectivity index (χ1v) is 9.87. The van der Waals surface area contributed by atoms with Gasteiger partial charge < -0.3 is 14.1 Å². The number of morpholine rings is 1. The number of benzene rings is 2. The maximum Gasteiger partial charge on any atom is 0.163 e. The van der Waals surface area contributed by atoms with Crippen LogP contribution in [0.5, 0.6) is 0 Å². The number of anilines is 1. The van der Waals surface area contributed by atoms with E-state index < -0.39 is 0 Å². The molecule has 0 radical (unpaired) electrons. The molecule has 0 bridgehead atoms. The van der Waals surface area contributed by atoms with Crippen molar-refractivity contribution in [3.8, 4) is 11.3 Å². The van der Waals surface area contributed by atoms with Crippen molar-refractivity contribution in [1.82, 2.24) is 0 Å². The van der Waals surface area contributed by atoms with Gasteiger partial charge in [0.05, 0.1) is 13.2 Å². The molecule has 0 amide bonds. The molecular formula is C23H22ClNO3. The fourth-order valence-corrected chi connectivity index (χ4v) is 3.56. The molecule has 0 saturated carbocycles. The lowest BCUT2D eigenvalue weighted by Crippen LogP contribution is -2.36. The predicted molar refractivity (Wildman–Crippen MR) is 111 cm³/mol. The van der Waals surface area contributed by atoms with E-state index in [-0.39, 0.29) is 5.78 Å². The van der Waals surface area contributed by atoms with Gasteiger partial charge in [-0.15, -0.1) is 0 Å². The third kappa shape index (κ3) is 4.46. The Balaban J connectivity index is 1.35. The van der Waals surface area contributed by atoms with Crippen molar-refractivity contribution in [2.24, 2.45) is 0 Å². The number of ether oxygens (including phenoxy) is 1. The SMILES string of the molecule is O=C(CCc1ccc(-c2cccc(Cl)c2)o1)c1ccc(N2CCOCC2)cc1. The summed E-state index contributed by atoms with van der Waals surface area (Å²) in [5.74, 6) is 1.68. The molecule has 1 fully saturated rings. The van der Waals surface area contributed by atoms with Gasteiger partial charge in [-0.05, 0) is 48.5 Å². The van der Waals surface area contributed by atoms with Crippen LogP contribution >= 0.6 is 11.6 Å². The molecular weight excluding hydrogens is 374 g/mol. The fourth-order valence-electron chi connectivity index (χ4n) is 3.37. The van der Waals surface area contributed by atoms with Crippen molar-refractivity contribution >= 4 is 23.1 Å². The van der Waals surface area contributed by atoms with Gasteiger partial charge >= 0.3 is 0 Å². The molecule has 4 nitrogen and oxygen atoms in total. The van der Waals surface area contributed by atoms with E-state index >= 15 is 0 Å². The van der Waals surface area contributed by atoms with Crippen molar-refractivity contribution in [3.63, 3.8) is 0 Å². The molecule has 2 heterocycles. The topological polar surface area (TPSA) is 42.7 Å². The maximum atomic E-state index is 12.5. The average molecular weight is 396 g/mol. The van der Waals surface area contributed by atoms with E-state index in [2.05, 4.69) is 4.90 Å². The zero-order chi connectivity index (χ0) is 19.3. The molecule has 0 aliphatic carbocycles. The molecule has 1 aliphatic heterocycles. The van der Waals surface area contributed by atoms with Gasteiger partial charge in [-0.2, -0.15) is 0 Å². The van der Waals surface area contributed by atoms with Crippen LogP contribution in [0.4, 0.5) is 5.69 Å². The second kappa shape index (κ2) is 8.63. The van der Waals surface area contributed by atoms with Crippen molar-refractivity contribution in [2.75, 3.05) is 31.2 Å². The third-order valence-electron chi connectivity index (χ3n) is 4.93. The van der Waals surface area contributed by atoms with Crippen LogP contribution in [-0.2, 0) is 11.2 Å². The van der Waals surface area contributed by atoms with Gasteiger partial charge in [0, 0.05) is 47.8 Å². The summed E-state index contributed by atoms with van der Waals surface area (Å²) in [6.45, 7) is 3.28. The Hall–Kier alpha value is -2.56. The minimum absolute atomic E-state index is 0.120. The number of ketones is 1. The van der Waals surface area contributed by atoms with Crippen LogP contribution in [0.15, 0.2) is 65.1 Å². The smallest absolute Gasteiger partial charge is 0.163 e. The molecule has 1 saturated heterocycles. The summed E-state index contributed by atoms with van der Waals surface area (Å²) in [6.07, 6.45) is 0.990. The second-order valence-corrected chi connectivity index (χ2v) is 7.28. The number of hydrogen-bond acceptors (Lipinski definition) is 4. The van der Waals surface area contributed by atoms with Crippen molar-refractivity contribution in [2.45, 2.75) is 12.8 Å². The number of furan rings is 1. The lowest BCUT2D eigenvalue weighted by molar-refractivity contribution is 0.0981. The number of halogens is 1. The van der Waals surface area contributed by atoms with Crippen LogP contribution in [0.2, 0.25) is 5.02 Å². The zero-order valence-electron chi connectivity index (χ0n) is 15.6. The Morgan fingerprint density at radius 3 is 2.54 bits per heavy atom. The van der Waals surface area contributed by atoms with E-state index in [0.717, 1.165) is 54.6 Å². The van der Waals surface area contributed by atoms with E-state index in [9.17, 15) is 4.79 Å². The van der Waals surface area contributed by atoms with Crippen LogP contribution in [0.25, 0.3) is 11.3 Å². The third-order valence-corrected chi connectivity index (χ3v) is 5.17. The lowest BCUT2D eigenvalue weighted by Gasteiger charge is -2.28. The van der Waals surface area contributed by atoms with E-state index in [4.69, 9.17) is 20.8 Å². The highest BCUT2D eigenvalue weighted by atomic mass is 35.5.